The molecule has 1 heterocycles. The molecule has 1 N–H and O–H groups in total. The Hall–Kier alpha value is -2.14. The Balaban J connectivity index is 1.94. The lowest BCUT2D eigenvalue weighted by atomic mass is 9.88. The van der Waals surface area contributed by atoms with Crippen LogP contribution in [0.1, 0.15) is 12.5 Å². The van der Waals surface area contributed by atoms with Gasteiger partial charge >= 0.3 is 0 Å². The summed E-state index contributed by atoms with van der Waals surface area (Å²) in [5.74, 6) is -0.209. The summed E-state index contributed by atoms with van der Waals surface area (Å²) in [5.41, 5.74) is 1.61. The molecule has 1 aromatic carbocycles. The Morgan fingerprint density at radius 2 is 2.18 bits per heavy atom. The van der Waals surface area contributed by atoms with E-state index in [1.807, 2.05) is 19.2 Å². The lowest BCUT2D eigenvalue weighted by molar-refractivity contribution is -0.141. The van der Waals surface area contributed by atoms with E-state index in [0.29, 0.717) is 31.9 Å². The highest BCUT2D eigenvalue weighted by molar-refractivity contribution is 5.98. The first-order valence-corrected chi connectivity index (χ1v) is 7.26. The van der Waals surface area contributed by atoms with Crippen LogP contribution in [0.15, 0.2) is 36.9 Å². The van der Waals surface area contributed by atoms with Crippen LogP contribution in [0.2, 0.25) is 0 Å². The molecule has 5 nitrogen and oxygen atoms in total. The standard InChI is InChI=1S/C17H22N2O3/c1-4-15(20)18-14-7-5-6-13(8-14)9-16(21)19(3)10-17(2)11-22-12-17/h4-8H,1,9-12H2,2-3H3,(H,18,20). The third kappa shape index (κ3) is 4.18. The van der Waals surface area contributed by atoms with E-state index in [4.69, 9.17) is 4.74 Å². The predicted octanol–water partition coefficient (Wildman–Crippen LogP) is 1.85. The first kappa shape index (κ1) is 16.2. The molecule has 1 aromatic rings. The van der Waals surface area contributed by atoms with Crippen molar-refractivity contribution >= 4 is 17.5 Å². The zero-order valence-electron chi connectivity index (χ0n) is 13.1. The van der Waals surface area contributed by atoms with Crippen LogP contribution >= 0.6 is 0 Å². The molecule has 0 atom stereocenters. The summed E-state index contributed by atoms with van der Waals surface area (Å²) < 4.78 is 5.21. The largest absolute Gasteiger partial charge is 0.380 e. The van der Waals surface area contributed by atoms with Crippen LogP contribution in [0, 0.1) is 5.41 Å². The number of benzene rings is 1. The number of rotatable bonds is 6. The van der Waals surface area contributed by atoms with Gasteiger partial charge in [-0.1, -0.05) is 25.6 Å². The molecule has 22 heavy (non-hydrogen) atoms. The van der Waals surface area contributed by atoms with E-state index >= 15 is 0 Å². The first-order chi connectivity index (χ1) is 10.4. The summed E-state index contributed by atoms with van der Waals surface area (Å²) >= 11 is 0. The van der Waals surface area contributed by atoms with Gasteiger partial charge in [0.15, 0.2) is 0 Å². The third-order valence-electron chi connectivity index (χ3n) is 3.68. The van der Waals surface area contributed by atoms with Gasteiger partial charge in [0.2, 0.25) is 11.8 Å². The van der Waals surface area contributed by atoms with Crippen molar-refractivity contribution in [3.8, 4) is 0 Å². The van der Waals surface area contributed by atoms with Gasteiger partial charge in [-0.05, 0) is 23.8 Å². The van der Waals surface area contributed by atoms with Crippen LogP contribution in [0.25, 0.3) is 0 Å². The van der Waals surface area contributed by atoms with Crippen LogP contribution in [0.5, 0.6) is 0 Å². The third-order valence-corrected chi connectivity index (χ3v) is 3.68. The minimum Gasteiger partial charge on any atom is -0.380 e. The number of nitrogens with zero attached hydrogens (tertiary/aromatic N) is 1. The fraction of sp³-hybridized carbons (Fsp3) is 0.412. The Morgan fingerprint density at radius 1 is 1.45 bits per heavy atom. The van der Waals surface area contributed by atoms with E-state index in [1.165, 1.54) is 6.08 Å². The number of ether oxygens (including phenoxy) is 1. The molecule has 0 aromatic heterocycles. The SMILES string of the molecule is C=CC(=O)Nc1cccc(CC(=O)N(C)CC2(C)COC2)c1. The molecular formula is C17H22N2O3. The van der Waals surface area contributed by atoms with Gasteiger partial charge in [0.25, 0.3) is 0 Å². The molecule has 1 aliphatic rings. The van der Waals surface area contributed by atoms with E-state index in [9.17, 15) is 9.59 Å². The maximum atomic E-state index is 12.3. The van der Waals surface area contributed by atoms with Crippen LogP contribution in [-0.4, -0.2) is 43.5 Å². The number of anilines is 1. The van der Waals surface area contributed by atoms with E-state index in [2.05, 4.69) is 18.8 Å². The van der Waals surface area contributed by atoms with Crippen molar-refractivity contribution in [3.63, 3.8) is 0 Å². The van der Waals surface area contributed by atoms with Crippen molar-refractivity contribution in [2.45, 2.75) is 13.3 Å². The number of nitrogens with one attached hydrogen (secondary N) is 1. The lowest BCUT2D eigenvalue weighted by Crippen LogP contribution is -2.49. The summed E-state index contributed by atoms with van der Waals surface area (Å²) in [6.07, 6.45) is 1.53. The minimum absolute atomic E-state index is 0.0559. The average molecular weight is 302 g/mol. The second-order valence-corrected chi connectivity index (χ2v) is 6.12. The molecule has 0 unspecified atom stereocenters. The topological polar surface area (TPSA) is 58.6 Å². The molecular weight excluding hydrogens is 280 g/mol. The average Bonchev–Trinajstić information content (AvgIpc) is 2.45. The van der Waals surface area contributed by atoms with Crippen molar-refractivity contribution in [3.05, 3.63) is 42.5 Å². The van der Waals surface area contributed by atoms with Gasteiger partial charge in [-0.3, -0.25) is 9.59 Å². The molecule has 2 amide bonds. The number of likely N-dealkylation sites (N-methyl/N-ethyl adjacent to an activating group) is 1. The highest BCUT2D eigenvalue weighted by atomic mass is 16.5. The molecule has 0 radical (unpaired) electrons. The Kier molecular flexibility index (Phi) is 4.98. The van der Waals surface area contributed by atoms with Crippen molar-refractivity contribution in [2.24, 2.45) is 5.41 Å². The second-order valence-electron chi connectivity index (χ2n) is 6.12. The van der Waals surface area contributed by atoms with Crippen LogP contribution < -0.4 is 5.32 Å². The van der Waals surface area contributed by atoms with Gasteiger partial charge < -0.3 is 15.0 Å². The summed E-state index contributed by atoms with van der Waals surface area (Å²) in [6.45, 7) is 7.63. The summed E-state index contributed by atoms with van der Waals surface area (Å²) in [6, 6.07) is 7.29. The normalized spacial score (nSPS) is 15.5. The van der Waals surface area contributed by atoms with E-state index in [0.717, 1.165) is 5.56 Å². The summed E-state index contributed by atoms with van der Waals surface area (Å²) in [5, 5.41) is 2.69. The molecule has 1 saturated heterocycles. The lowest BCUT2D eigenvalue weighted by Gasteiger charge is -2.40. The number of amides is 2. The number of hydrogen-bond donors (Lipinski definition) is 1. The molecule has 0 saturated carbocycles. The quantitative estimate of drug-likeness (QED) is 0.816. The zero-order chi connectivity index (χ0) is 16.2. The summed E-state index contributed by atoms with van der Waals surface area (Å²) in [4.78, 5) is 25.4. The second kappa shape index (κ2) is 6.75. The highest BCUT2D eigenvalue weighted by Gasteiger charge is 2.35. The first-order valence-electron chi connectivity index (χ1n) is 7.26. The predicted molar refractivity (Wildman–Crippen MR) is 85.5 cm³/mol. The van der Waals surface area contributed by atoms with Gasteiger partial charge in [-0.25, -0.2) is 0 Å². The van der Waals surface area contributed by atoms with Gasteiger partial charge in [-0.15, -0.1) is 0 Å². The van der Waals surface area contributed by atoms with E-state index in [-0.39, 0.29) is 17.2 Å². The number of carbonyl (C=O) groups excluding carboxylic acids is 2. The van der Waals surface area contributed by atoms with Crippen molar-refractivity contribution in [1.29, 1.82) is 0 Å². The van der Waals surface area contributed by atoms with Gasteiger partial charge in [0, 0.05) is 24.7 Å². The van der Waals surface area contributed by atoms with Crippen molar-refractivity contribution < 1.29 is 14.3 Å². The maximum absolute atomic E-state index is 12.3. The molecule has 0 spiro atoms. The molecule has 2 rings (SSSR count). The van der Waals surface area contributed by atoms with Gasteiger partial charge in [0.05, 0.1) is 19.6 Å². The Bertz CT molecular complexity index is 579. The van der Waals surface area contributed by atoms with Gasteiger partial charge in [-0.2, -0.15) is 0 Å². The molecule has 0 bridgehead atoms. The maximum Gasteiger partial charge on any atom is 0.247 e. The van der Waals surface area contributed by atoms with E-state index in [1.54, 1.807) is 17.0 Å². The molecule has 5 heteroatoms. The highest BCUT2D eigenvalue weighted by Crippen LogP contribution is 2.27. The fourth-order valence-electron chi connectivity index (χ4n) is 2.46. The zero-order valence-corrected chi connectivity index (χ0v) is 13.1. The smallest absolute Gasteiger partial charge is 0.247 e. The summed E-state index contributed by atoms with van der Waals surface area (Å²) in [7, 11) is 1.81. The van der Waals surface area contributed by atoms with Crippen LogP contribution in [0.4, 0.5) is 5.69 Å². The molecule has 1 aliphatic heterocycles. The van der Waals surface area contributed by atoms with Crippen LogP contribution in [-0.2, 0) is 20.7 Å². The van der Waals surface area contributed by atoms with Crippen molar-refractivity contribution in [2.75, 3.05) is 32.1 Å². The Morgan fingerprint density at radius 3 is 2.77 bits per heavy atom. The van der Waals surface area contributed by atoms with E-state index < -0.39 is 0 Å². The number of carbonyl (C=O) groups is 2. The number of hydrogen-bond acceptors (Lipinski definition) is 3. The van der Waals surface area contributed by atoms with Crippen LogP contribution in [0.3, 0.4) is 0 Å². The molecule has 1 fully saturated rings. The minimum atomic E-state index is -0.265. The Labute approximate surface area is 130 Å². The monoisotopic (exact) mass is 302 g/mol. The van der Waals surface area contributed by atoms with Gasteiger partial charge in [0.1, 0.15) is 0 Å². The molecule has 0 aliphatic carbocycles. The fourth-order valence-corrected chi connectivity index (χ4v) is 2.46. The molecule has 118 valence electrons. The van der Waals surface area contributed by atoms with Crippen molar-refractivity contribution in [1.82, 2.24) is 4.90 Å².